The van der Waals surface area contributed by atoms with Crippen LogP contribution in [0.2, 0.25) is 0 Å². The van der Waals surface area contributed by atoms with Gasteiger partial charge in [-0.05, 0) is 19.3 Å². The van der Waals surface area contributed by atoms with E-state index in [1.54, 1.807) is 15.9 Å². The third-order valence-electron chi connectivity index (χ3n) is 8.72. The maximum absolute atomic E-state index is 13.7. The lowest BCUT2D eigenvalue weighted by molar-refractivity contribution is -0.136. The molecule has 2 aliphatic heterocycles. The molecule has 3 aliphatic rings. The Morgan fingerprint density at radius 3 is 2.24 bits per heavy atom. The Morgan fingerprint density at radius 2 is 1.64 bits per heavy atom. The number of carboxylic acid groups (broad SMARTS) is 1. The van der Waals surface area contributed by atoms with E-state index in [9.17, 15) is 19.2 Å². The fourth-order valence-electron chi connectivity index (χ4n) is 5.92. The van der Waals surface area contributed by atoms with Crippen LogP contribution < -0.4 is 10.2 Å². The molecule has 13 nitrogen and oxygen atoms in total. The molecule has 1 aromatic carbocycles. The molecule has 3 amide bonds. The minimum Gasteiger partial charge on any atom is -0.450 e. The highest BCUT2D eigenvalue weighted by atomic mass is 16.7. The molecule has 2 saturated heterocycles. The molecule has 1 aromatic heterocycles. The van der Waals surface area contributed by atoms with Crippen LogP contribution in [0, 0.1) is 24.7 Å². The van der Waals surface area contributed by atoms with Gasteiger partial charge in [0.15, 0.2) is 5.82 Å². The molecular weight excluding hydrogens is 580 g/mol. The number of hydrogen-bond acceptors (Lipinski definition) is 9. The van der Waals surface area contributed by atoms with E-state index in [2.05, 4.69) is 10.3 Å². The van der Waals surface area contributed by atoms with Gasteiger partial charge in [-0.15, -0.1) is 0 Å². The first-order valence-electron chi connectivity index (χ1n) is 15.7. The maximum Gasteiger partial charge on any atom is 0.506 e. The summed E-state index contributed by atoms with van der Waals surface area (Å²) in [6.45, 7) is 10.7. The number of piperazine rings is 1. The number of piperidine rings is 1. The van der Waals surface area contributed by atoms with Crippen molar-refractivity contribution >= 4 is 29.9 Å². The van der Waals surface area contributed by atoms with E-state index in [0.29, 0.717) is 57.5 Å². The Kier molecular flexibility index (Phi) is 9.74. The first-order valence-corrected chi connectivity index (χ1v) is 15.7. The first-order chi connectivity index (χ1) is 21.5. The largest absolute Gasteiger partial charge is 0.506 e. The van der Waals surface area contributed by atoms with Gasteiger partial charge in [0.2, 0.25) is 5.91 Å². The topological polar surface area (TPSA) is 154 Å². The van der Waals surface area contributed by atoms with Gasteiger partial charge in [-0.25, -0.2) is 19.6 Å². The van der Waals surface area contributed by atoms with Crippen LogP contribution in [0.5, 0.6) is 0 Å². The number of amides is 3. The number of carbonyl (C=O) groups excluding carboxylic acids is 3. The fraction of sp³-hybridized carbons (Fsp3) is 0.562. The molecule has 13 heteroatoms. The van der Waals surface area contributed by atoms with Crippen molar-refractivity contribution in [1.82, 2.24) is 25.1 Å². The predicted molar refractivity (Wildman–Crippen MR) is 165 cm³/mol. The smallest absolute Gasteiger partial charge is 0.450 e. The van der Waals surface area contributed by atoms with Gasteiger partial charge in [0.25, 0.3) is 5.91 Å². The molecule has 0 bridgehead atoms. The number of carbonyl (C=O) groups is 4. The van der Waals surface area contributed by atoms with Crippen molar-refractivity contribution in [3.05, 3.63) is 41.6 Å². The zero-order chi connectivity index (χ0) is 32.2. The lowest BCUT2D eigenvalue weighted by Gasteiger charge is -2.36. The molecule has 2 N–H and O–H groups in total. The number of rotatable bonds is 10. The number of hydrogen-bond donors (Lipinski definition) is 2. The molecule has 242 valence electrons. The van der Waals surface area contributed by atoms with E-state index in [4.69, 9.17) is 19.6 Å². The van der Waals surface area contributed by atoms with Gasteiger partial charge in [0.1, 0.15) is 23.7 Å². The van der Waals surface area contributed by atoms with Crippen molar-refractivity contribution in [3.8, 4) is 11.4 Å². The molecule has 0 spiro atoms. The lowest BCUT2D eigenvalue weighted by atomic mass is 10.0. The van der Waals surface area contributed by atoms with Crippen molar-refractivity contribution in [2.75, 3.05) is 50.8 Å². The third-order valence-corrected chi connectivity index (χ3v) is 8.72. The number of ether oxygens (including phenoxy) is 2. The second-order valence-electron chi connectivity index (χ2n) is 12.4. The zero-order valence-corrected chi connectivity index (χ0v) is 26.3. The molecule has 3 fully saturated rings. The van der Waals surface area contributed by atoms with Crippen molar-refractivity contribution in [1.29, 1.82) is 0 Å². The number of nitrogens with zero attached hydrogens (tertiary/aromatic N) is 5. The van der Waals surface area contributed by atoms with E-state index in [0.717, 1.165) is 24.0 Å². The number of fused-ring (bicyclic) bond motifs is 1. The minimum atomic E-state index is -1.27. The number of aryl methyl sites for hydroxylation is 1. The van der Waals surface area contributed by atoms with E-state index in [1.807, 2.05) is 56.9 Å². The standard InChI is InChI=1S/C32H42N6O7/c1-5-6-15-44-31(41)37-13-11-36(12-14-37)30(40)26(19(2)3)35-29(39)24-16-25(34-28(33-24)21-9-7-20(4)8-10-21)38-17-22-23(18-38)27(22)45-32(42)43/h7-10,16,19,22-23,26-27H,5-6,11-15,17-18H2,1-4H3,(H,35,39)(H,42,43)/t22-,23+,26-,27-/m0/s1. The van der Waals surface area contributed by atoms with Crippen molar-refractivity contribution in [3.63, 3.8) is 0 Å². The highest BCUT2D eigenvalue weighted by Gasteiger charge is 2.59. The van der Waals surface area contributed by atoms with Gasteiger partial charge in [0, 0.05) is 62.7 Å². The highest BCUT2D eigenvalue weighted by molar-refractivity contribution is 5.97. The number of aromatic nitrogens is 2. The molecule has 4 atom stereocenters. The predicted octanol–water partition coefficient (Wildman–Crippen LogP) is 3.42. The number of nitrogens with one attached hydrogen (secondary N) is 1. The summed E-state index contributed by atoms with van der Waals surface area (Å²) in [5.74, 6) is 0.194. The van der Waals surface area contributed by atoms with E-state index in [-0.39, 0.29) is 41.6 Å². The van der Waals surface area contributed by atoms with Crippen LogP contribution in [-0.4, -0.2) is 107 Å². The second kappa shape index (κ2) is 13.7. The summed E-state index contributed by atoms with van der Waals surface area (Å²) in [6, 6.07) is 8.51. The third kappa shape index (κ3) is 7.46. The van der Waals surface area contributed by atoms with Gasteiger partial charge in [-0.1, -0.05) is 57.0 Å². The molecule has 2 aromatic rings. The minimum absolute atomic E-state index is 0.0813. The average molecular weight is 623 g/mol. The fourth-order valence-corrected chi connectivity index (χ4v) is 5.92. The van der Waals surface area contributed by atoms with Gasteiger partial charge in [-0.3, -0.25) is 9.59 Å². The molecule has 1 saturated carbocycles. The van der Waals surface area contributed by atoms with Crippen molar-refractivity contribution < 1.29 is 33.8 Å². The normalized spacial score (nSPS) is 21.3. The summed E-state index contributed by atoms with van der Waals surface area (Å²) in [6.07, 6.45) is -0.212. The lowest BCUT2D eigenvalue weighted by Crippen LogP contribution is -2.57. The molecular formula is C32H42N6O7. The van der Waals surface area contributed by atoms with Crippen LogP contribution in [0.3, 0.4) is 0 Å². The Bertz CT molecular complexity index is 1400. The summed E-state index contributed by atoms with van der Waals surface area (Å²) in [4.78, 5) is 65.3. The molecule has 3 heterocycles. The van der Waals surface area contributed by atoms with Crippen LogP contribution >= 0.6 is 0 Å². The molecule has 5 rings (SSSR count). The summed E-state index contributed by atoms with van der Waals surface area (Å²) in [5.41, 5.74) is 1.95. The maximum atomic E-state index is 13.7. The van der Waals surface area contributed by atoms with E-state index < -0.39 is 18.1 Å². The van der Waals surface area contributed by atoms with Crippen LogP contribution in [0.1, 0.15) is 49.7 Å². The van der Waals surface area contributed by atoms with Crippen LogP contribution in [0.15, 0.2) is 30.3 Å². The van der Waals surface area contributed by atoms with Gasteiger partial charge in [-0.2, -0.15) is 0 Å². The Balaban J connectivity index is 1.29. The molecule has 0 radical (unpaired) electrons. The Morgan fingerprint density at radius 1 is 1.00 bits per heavy atom. The van der Waals surface area contributed by atoms with E-state index in [1.165, 1.54) is 0 Å². The zero-order valence-electron chi connectivity index (χ0n) is 26.3. The highest BCUT2D eigenvalue weighted by Crippen LogP contribution is 2.48. The summed E-state index contributed by atoms with van der Waals surface area (Å²) < 4.78 is 10.3. The number of benzene rings is 1. The summed E-state index contributed by atoms with van der Waals surface area (Å²) >= 11 is 0. The first kappa shape index (κ1) is 32.0. The van der Waals surface area contributed by atoms with Crippen molar-refractivity contribution in [2.24, 2.45) is 17.8 Å². The molecule has 45 heavy (non-hydrogen) atoms. The molecule has 1 aliphatic carbocycles. The molecule has 0 unspecified atom stereocenters. The van der Waals surface area contributed by atoms with Gasteiger partial charge < -0.3 is 34.6 Å². The second-order valence-corrected chi connectivity index (χ2v) is 12.4. The van der Waals surface area contributed by atoms with Crippen molar-refractivity contribution in [2.45, 2.75) is 52.7 Å². The van der Waals surface area contributed by atoms with Crippen LogP contribution in [0.4, 0.5) is 15.4 Å². The van der Waals surface area contributed by atoms with Crippen LogP contribution in [0.25, 0.3) is 11.4 Å². The summed E-state index contributed by atoms with van der Waals surface area (Å²) in [7, 11) is 0. The Labute approximate surface area is 262 Å². The summed E-state index contributed by atoms with van der Waals surface area (Å²) in [5, 5.41) is 11.9. The number of anilines is 1. The average Bonchev–Trinajstić information content (AvgIpc) is 3.43. The monoisotopic (exact) mass is 622 g/mol. The van der Waals surface area contributed by atoms with Crippen LogP contribution in [-0.2, 0) is 14.3 Å². The number of unbranched alkanes of at least 4 members (excludes halogenated alkanes) is 1. The van der Waals surface area contributed by atoms with E-state index >= 15 is 0 Å². The van der Waals surface area contributed by atoms with Gasteiger partial charge in [0.05, 0.1) is 6.61 Å². The Hall–Kier alpha value is -4.42. The van der Waals surface area contributed by atoms with Gasteiger partial charge >= 0.3 is 12.2 Å². The SMILES string of the molecule is CCCCOC(=O)N1CCN(C(=O)[C@@H](NC(=O)c2cc(N3C[C@@H]4[C@H](C3)[C@@H]4OC(=O)O)nc(-c3ccc(C)cc3)n2)C(C)C)CC1. The quantitative estimate of drug-likeness (QED) is 0.298.